The number of halogens is 6. The highest BCUT2D eigenvalue weighted by atomic mass is 79.9. The molecule has 2 aromatic carbocycles. The first-order chi connectivity index (χ1) is 9.85. The maximum absolute atomic E-state index is 14.0. The van der Waals surface area contributed by atoms with Crippen LogP contribution in [0.25, 0.3) is 0 Å². The summed E-state index contributed by atoms with van der Waals surface area (Å²) in [4.78, 5) is 0. The molecule has 21 heavy (non-hydrogen) atoms. The largest absolute Gasteiger partial charge is 0.309 e. The molecule has 2 aromatic rings. The lowest BCUT2D eigenvalue weighted by Gasteiger charge is -2.20. The average molecular weight is 427 g/mol. The van der Waals surface area contributed by atoms with E-state index in [4.69, 9.17) is 0 Å². The molecule has 0 aliphatic carbocycles. The van der Waals surface area contributed by atoms with Gasteiger partial charge in [0.15, 0.2) is 0 Å². The molecular formula is C14H9Br2F4N. The van der Waals surface area contributed by atoms with E-state index in [1.165, 1.54) is 7.05 Å². The van der Waals surface area contributed by atoms with Crippen molar-refractivity contribution >= 4 is 31.9 Å². The van der Waals surface area contributed by atoms with Crippen molar-refractivity contribution in [1.29, 1.82) is 0 Å². The lowest BCUT2D eigenvalue weighted by molar-refractivity contribution is 0.502. The predicted molar refractivity (Wildman–Crippen MR) is 79.0 cm³/mol. The lowest BCUT2D eigenvalue weighted by atomic mass is 9.97. The SMILES string of the molecule is CNC(c1cc(F)c(Br)cc1F)c1c(F)cc(Br)cc1F. The van der Waals surface area contributed by atoms with Crippen LogP contribution in [-0.2, 0) is 0 Å². The average Bonchev–Trinajstić information content (AvgIpc) is 2.38. The van der Waals surface area contributed by atoms with E-state index in [1.54, 1.807) is 0 Å². The number of hydrogen-bond acceptors (Lipinski definition) is 1. The molecule has 1 unspecified atom stereocenters. The molecule has 0 saturated carbocycles. The molecule has 0 spiro atoms. The summed E-state index contributed by atoms with van der Waals surface area (Å²) in [5.41, 5.74) is -0.556. The maximum atomic E-state index is 14.0. The number of hydrogen-bond donors (Lipinski definition) is 1. The van der Waals surface area contributed by atoms with Crippen LogP contribution in [0.3, 0.4) is 0 Å². The molecule has 1 atom stereocenters. The van der Waals surface area contributed by atoms with Crippen molar-refractivity contribution in [2.75, 3.05) is 7.05 Å². The van der Waals surface area contributed by atoms with Crippen molar-refractivity contribution in [1.82, 2.24) is 5.32 Å². The Hall–Kier alpha value is -0.920. The molecule has 0 amide bonds. The monoisotopic (exact) mass is 425 g/mol. The fourth-order valence-corrected chi connectivity index (χ4v) is 2.76. The van der Waals surface area contributed by atoms with E-state index in [-0.39, 0.29) is 20.1 Å². The topological polar surface area (TPSA) is 12.0 Å². The van der Waals surface area contributed by atoms with Gasteiger partial charge in [0.25, 0.3) is 0 Å². The Balaban J connectivity index is 2.63. The van der Waals surface area contributed by atoms with E-state index in [0.717, 1.165) is 24.3 Å². The Bertz CT molecular complexity index is 668. The van der Waals surface area contributed by atoms with Crippen molar-refractivity contribution in [2.24, 2.45) is 0 Å². The number of benzene rings is 2. The fraction of sp³-hybridized carbons (Fsp3) is 0.143. The van der Waals surface area contributed by atoms with Gasteiger partial charge < -0.3 is 5.32 Å². The van der Waals surface area contributed by atoms with Crippen molar-refractivity contribution in [3.63, 3.8) is 0 Å². The molecule has 0 fully saturated rings. The van der Waals surface area contributed by atoms with Gasteiger partial charge in [-0.1, -0.05) is 15.9 Å². The van der Waals surface area contributed by atoms with Gasteiger partial charge in [-0.25, -0.2) is 17.6 Å². The van der Waals surface area contributed by atoms with Crippen LogP contribution in [0.4, 0.5) is 17.6 Å². The summed E-state index contributed by atoms with van der Waals surface area (Å²) in [5.74, 6) is -3.21. The first kappa shape index (κ1) is 16.5. The molecule has 0 aromatic heterocycles. The van der Waals surface area contributed by atoms with E-state index >= 15 is 0 Å². The predicted octanol–water partition coefficient (Wildman–Crippen LogP) is 5.08. The van der Waals surface area contributed by atoms with Crippen LogP contribution >= 0.6 is 31.9 Å². The highest BCUT2D eigenvalue weighted by molar-refractivity contribution is 9.10. The van der Waals surface area contributed by atoms with Gasteiger partial charge in [-0.05, 0) is 47.2 Å². The zero-order valence-corrected chi connectivity index (χ0v) is 13.8. The van der Waals surface area contributed by atoms with E-state index in [2.05, 4.69) is 37.2 Å². The molecule has 0 radical (unpaired) electrons. The quantitative estimate of drug-likeness (QED) is 0.533. The molecule has 0 aliphatic rings. The van der Waals surface area contributed by atoms with Crippen LogP contribution in [0, 0.1) is 23.3 Å². The Kier molecular flexibility index (Phi) is 5.06. The molecule has 2 rings (SSSR count). The Labute approximate surface area is 135 Å². The Morgan fingerprint density at radius 3 is 1.95 bits per heavy atom. The molecule has 1 N–H and O–H groups in total. The van der Waals surface area contributed by atoms with Crippen molar-refractivity contribution in [2.45, 2.75) is 6.04 Å². The second-order valence-corrected chi connectivity index (χ2v) is 6.06. The molecule has 0 aliphatic heterocycles. The van der Waals surface area contributed by atoms with Crippen LogP contribution in [0.1, 0.15) is 17.2 Å². The number of nitrogens with one attached hydrogen (secondary N) is 1. The summed E-state index contributed by atoms with van der Waals surface area (Å²) in [6.07, 6.45) is 0. The van der Waals surface area contributed by atoms with Crippen LogP contribution in [0.2, 0.25) is 0 Å². The highest BCUT2D eigenvalue weighted by Crippen LogP contribution is 2.32. The van der Waals surface area contributed by atoms with Gasteiger partial charge in [-0.2, -0.15) is 0 Å². The van der Waals surface area contributed by atoms with Gasteiger partial charge in [0, 0.05) is 15.6 Å². The first-order valence-electron chi connectivity index (χ1n) is 5.81. The van der Waals surface area contributed by atoms with Crippen molar-refractivity contribution in [3.8, 4) is 0 Å². The van der Waals surface area contributed by atoms with Crippen LogP contribution in [0.5, 0.6) is 0 Å². The van der Waals surface area contributed by atoms with Crippen LogP contribution in [0.15, 0.2) is 33.2 Å². The molecule has 7 heteroatoms. The molecular weight excluding hydrogens is 418 g/mol. The smallest absolute Gasteiger partial charge is 0.137 e. The van der Waals surface area contributed by atoms with E-state index in [1.807, 2.05) is 0 Å². The third-order valence-corrected chi connectivity index (χ3v) is 4.04. The summed E-state index contributed by atoms with van der Waals surface area (Å²) in [7, 11) is 1.41. The zero-order valence-electron chi connectivity index (χ0n) is 10.7. The van der Waals surface area contributed by atoms with Gasteiger partial charge in [0.2, 0.25) is 0 Å². The normalized spacial score (nSPS) is 12.5. The summed E-state index contributed by atoms with van der Waals surface area (Å²) < 4.78 is 55.8. The number of rotatable bonds is 3. The first-order valence-corrected chi connectivity index (χ1v) is 7.40. The van der Waals surface area contributed by atoms with Crippen molar-refractivity contribution in [3.05, 3.63) is 67.6 Å². The molecule has 1 nitrogen and oxygen atoms in total. The van der Waals surface area contributed by atoms with Crippen molar-refractivity contribution < 1.29 is 17.6 Å². The molecule has 0 bridgehead atoms. The fourth-order valence-electron chi connectivity index (χ4n) is 2.04. The Morgan fingerprint density at radius 1 is 0.857 bits per heavy atom. The summed E-state index contributed by atoms with van der Waals surface area (Å²) in [5, 5.41) is 2.61. The minimum atomic E-state index is -1.15. The van der Waals surface area contributed by atoms with Crippen LogP contribution in [-0.4, -0.2) is 7.05 Å². The third-order valence-electron chi connectivity index (χ3n) is 2.97. The molecule has 112 valence electrons. The van der Waals surface area contributed by atoms with Gasteiger partial charge in [-0.15, -0.1) is 0 Å². The molecule has 0 saturated heterocycles. The maximum Gasteiger partial charge on any atom is 0.137 e. The minimum absolute atomic E-state index is 0.0599. The third kappa shape index (κ3) is 3.30. The second kappa shape index (κ2) is 6.46. The second-order valence-electron chi connectivity index (χ2n) is 4.29. The summed E-state index contributed by atoms with van der Waals surface area (Å²) in [6, 6.07) is 2.80. The lowest BCUT2D eigenvalue weighted by Crippen LogP contribution is -2.22. The molecule has 0 heterocycles. The van der Waals surface area contributed by atoms with Gasteiger partial charge in [0.1, 0.15) is 23.3 Å². The van der Waals surface area contributed by atoms with Gasteiger partial charge >= 0.3 is 0 Å². The van der Waals surface area contributed by atoms with E-state index < -0.39 is 29.3 Å². The summed E-state index contributed by atoms with van der Waals surface area (Å²) >= 11 is 5.83. The van der Waals surface area contributed by atoms with E-state index in [9.17, 15) is 17.6 Å². The Morgan fingerprint density at radius 2 is 1.43 bits per heavy atom. The standard InChI is InChI=1S/C14H9Br2F4N/c1-21-14(7-4-10(18)8(16)5-9(7)17)13-11(19)2-6(15)3-12(13)20/h2-5,14,21H,1H3. The van der Waals surface area contributed by atoms with Crippen LogP contribution < -0.4 is 5.32 Å². The van der Waals surface area contributed by atoms with Gasteiger partial charge in [-0.3, -0.25) is 0 Å². The summed E-state index contributed by atoms with van der Waals surface area (Å²) in [6.45, 7) is 0. The van der Waals surface area contributed by atoms with E-state index in [0.29, 0.717) is 0 Å². The zero-order chi connectivity index (χ0) is 15.7. The minimum Gasteiger partial charge on any atom is -0.309 e. The van der Waals surface area contributed by atoms with Gasteiger partial charge in [0.05, 0.1) is 10.5 Å². The highest BCUT2D eigenvalue weighted by Gasteiger charge is 2.25.